The predicted molar refractivity (Wildman–Crippen MR) is 152 cm³/mol. The first-order valence-corrected chi connectivity index (χ1v) is 13.3. The highest BCUT2D eigenvalue weighted by molar-refractivity contribution is 6.36. The standard InChI is InChI=1S/C28H22Cl2FN9/c29-22-9-18(3-4-24(22)31)36-26-17(11-32)13-35-28-21(26)8-19(10-23(28)30)37-27(16-2-1-6-33-12-16)25-15-40(39-38-25)20-5-7-34-14-20/h1-4,6,8-10,12-13,15,20,27,34,37H,5,7,14H2,(H,35,36)/t20-,27?/m1/s1. The molecule has 2 atom stereocenters. The highest BCUT2D eigenvalue weighted by Gasteiger charge is 2.23. The van der Waals surface area contributed by atoms with Gasteiger partial charge < -0.3 is 16.0 Å². The number of hydrogen-bond donors (Lipinski definition) is 3. The number of rotatable bonds is 7. The van der Waals surface area contributed by atoms with Crippen molar-refractivity contribution < 1.29 is 4.39 Å². The molecule has 12 heteroatoms. The van der Waals surface area contributed by atoms with Gasteiger partial charge in [-0.2, -0.15) is 5.26 Å². The number of halogens is 3. The van der Waals surface area contributed by atoms with E-state index in [9.17, 15) is 9.65 Å². The number of nitrogens with zero attached hydrogens (tertiary/aromatic N) is 6. The minimum absolute atomic E-state index is 0.0389. The van der Waals surface area contributed by atoms with Crippen molar-refractivity contribution in [2.75, 3.05) is 23.7 Å². The summed E-state index contributed by atoms with van der Waals surface area (Å²) in [5.41, 5.74) is 4.05. The van der Waals surface area contributed by atoms with E-state index in [1.165, 1.54) is 18.3 Å². The third-order valence-corrected chi connectivity index (χ3v) is 7.37. The van der Waals surface area contributed by atoms with E-state index in [4.69, 9.17) is 23.2 Å². The second-order valence-corrected chi connectivity index (χ2v) is 10.2. The van der Waals surface area contributed by atoms with Crippen LogP contribution in [0.25, 0.3) is 10.9 Å². The first-order valence-electron chi connectivity index (χ1n) is 12.5. The number of fused-ring (bicyclic) bond motifs is 1. The molecule has 9 nitrogen and oxygen atoms in total. The van der Waals surface area contributed by atoms with Gasteiger partial charge in [-0.3, -0.25) is 9.97 Å². The van der Waals surface area contributed by atoms with Gasteiger partial charge in [-0.05, 0) is 54.9 Å². The average Bonchev–Trinajstić information content (AvgIpc) is 3.67. The van der Waals surface area contributed by atoms with Gasteiger partial charge >= 0.3 is 0 Å². The molecule has 1 fully saturated rings. The molecule has 1 aliphatic rings. The number of aromatic nitrogens is 5. The van der Waals surface area contributed by atoms with Crippen molar-refractivity contribution >= 4 is 51.2 Å². The summed E-state index contributed by atoms with van der Waals surface area (Å²) in [6.45, 7) is 1.79. The van der Waals surface area contributed by atoms with Crippen LogP contribution in [-0.2, 0) is 0 Å². The molecular weight excluding hydrogens is 552 g/mol. The van der Waals surface area contributed by atoms with Gasteiger partial charge in [-0.25, -0.2) is 9.07 Å². The Labute approximate surface area is 239 Å². The van der Waals surface area contributed by atoms with E-state index in [2.05, 4.69) is 42.3 Å². The van der Waals surface area contributed by atoms with E-state index < -0.39 is 5.82 Å². The van der Waals surface area contributed by atoms with E-state index in [1.807, 2.05) is 29.1 Å². The van der Waals surface area contributed by atoms with Crippen LogP contribution in [0.1, 0.15) is 35.3 Å². The molecule has 4 heterocycles. The van der Waals surface area contributed by atoms with Crippen molar-refractivity contribution in [2.24, 2.45) is 0 Å². The minimum Gasteiger partial charge on any atom is -0.373 e. The lowest BCUT2D eigenvalue weighted by atomic mass is 10.0. The van der Waals surface area contributed by atoms with Crippen molar-refractivity contribution in [2.45, 2.75) is 18.5 Å². The Bertz CT molecular complexity index is 1730. The van der Waals surface area contributed by atoms with E-state index >= 15 is 0 Å². The summed E-state index contributed by atoms with van der Waals surface area (Å²) in [6, 6.07) is 13.7. The Hall–Kier alpha value is -4.30. The molecule has 3 aromatic heterocycles. The van der Waals surface area contributed by atoms with E-state index in [0.29, 0.717) is 33.0 Å². The van der Waals surface area contributed by atoms with Crippen molar-refractivity contribution in [1.29, 1.82) is 5.26 Å². The van der Waals surface area contributed by atoms with Crippen LogP contribution < -0.4 is 16.0 Å². The van der Waals surface area contributed by atoms with Crippen LogP contribution in [0.15, 0.2) is 67.3 Å². The molecule has 2 aromatic carbocycles. The maximum Gasteiger partial charge on any atom is 0.141 e. The number of benzene rings is 2. The van der Waals surface area contributed by atoms with Crippen LogP contribution in [0.2, 0.25) is 10.0 Å². The van der Waals surface area contributed by atoms with Crippen LogP contribution in [0, 0.1) is 17.1 Å². The van der Waals surface area contributed by atoms with Crippen LogP contribution in [0.3, 0.4) is 0 Å². The first-order chi connectivity index (χ1) is 19.5. The quantitative estimate of drug-likeness (QED) is 0.216. The number of nitrogens with one attached hydrogen (secondary N) is 3. The fourth-order valence-corrected chi connectivity index (χ4v) is 5.24. The average molecular weight is 574 g/mol. The molecule has 3 N–H and O–H groups in total. The molecule has 5 aromatic rings. The highest BCUT2D eigenvalue weighted by Crippen LogP contribution is 2.37. The van der Waals surface area contributed by atoms with Crippen LogP contribution in [0.4, 0.5) is 21.5 Å². The van der Waals surface area contributed by atoms with Crippen molar-refractivity contribution in [1.82, 2.24) is 30.3 Å². The zero-order valence-corrected chi connectivity index (χ0v) is 22.5. The summed E-state index contributed by atoms with van der Waals surface area (Å²) in [6.07, 6.45) is 7.87. The Kier molecular flexibility index (Phi) is 7.17. The van der Waals surface area contributed by atoms with E-state index in [-0.39, 0.29) is 22.7 Å². The largest absolute Gasteiger partial charge is 0.373 e. The lowest BCUT2D eigenvalue weighted by Crippen LogP contribution is -2.14. The molecule has 1 saturated heterocycles. The van der Waals surface area contributed by atoms with Gasteiger partial charge in [0.15, 0.2) is 0 Å². The molecule has 1 unspecified atom stereocenters. The molecule has 6 rings (SSSR count). The Morgan fingerprint density at radius 3 is 2.75 bits per heavy atom. The lowest BCUT2D eigenvalue weighted by molar-refractivity contribution is 0.476. The lowest BCUT2D eigenvalue weighted by Gasteiger charge is -2.20. The van der Waals surface area contributed by atoms with Gasteiger partial charge in [0, 0.05) is 41.9 Å². The SMILES string of the molecule is N#Cc1cnc2c(Cl)cc(NC(c3cccnc3)c3cn([C@@H]4CCNC4)nn3)cc2c1Nc1ccc(F)c(Cl)c1. The van der Waals surface area contributed by atoms with Gasteiger partial charge in [0.25, 0.3) is 0 Å². The molecule has 0 amide bonds. The Morgan fingerprint density at radius 2 is 2.00 bits per heavy atom. The number of anilines is 3. The maximum absolute atomic E-state index is 13.8. The minimum atomic E-state index is -0.538. The maximum atomic E-state index is 13.8. The number of nitriles is 1. The Morgan fingerprint density at radius 1 is 1.12 bits per heavy atom. The Balaban J connectivity index is 1.42. The van der Waals surface area contributed by atoms with Gasteiger partial charge in [-0.15, -0.1) is 5.10 Å². The smallest absolute Gasteiger partial charge is 0.141 e. The summed E-state index contributed by atoms with van der Waals surface area (Å²) < 4.78 is 15.7. The van der Waals surface area contributed by atoms with Gasteiger partial charge in [0.05, 0.1) is 45.1 Å². The molecule has 0 spiro atoms. The molecule has 1 aliphatic heterocycles. The summed E-state index contributed by atoms with van der Waals surface area (Å²) in [7, 11) is 0. The van der Waals surface area contributed by atoms with Crippen molar-refractivity contribution in [3.63, 3.8) is 0 Å². The van der Waals surface area contributed by atoms with Crippen molar-refractivity contribution in [3.8, 4) is 6.07 Å². The third-order valence-electron chi connectivity index (χ3n) is 6.80. The molecule has 200 valence electrons. The summed E-state index contributed by atoms with van der Waals surface area (Å²) in [5.74, 6) is -0.538. The fourth-order valence-electron chi connectivity index (χ4n) is 4.79. The summed E-state index contributed by atoms with van der Waals surface area (Å²) in [4.78, 5) is 8.72. The van der Waals surface area contributed by atoms with Gasteiger partial charge in [0.2, 0.25) is 0 Å². The molecular formula is C28H22Cl2FN9. The normalized spacial score (nSPS) is 15.6. The zero-order valence-electron chi connectivity index (χ0n) is 20.9. The van der Waals surface area contributed by atoms with E-state index in [0.717, 1.165) is 30.8 Å². The van der Waals surface area contributed by atoms with Crippen molar-refractivity contribution in [3.05, 3.63) is 99.9 Å². The van der Waals surface area contributed by atoms with Gasteiger partial charge in [0.1, 0.15) is 17.6 Å². The topological polar surface area (TPSA) is 116 Å². The molecule has 0 radical (unpaired) electrons. The van der Waals surface area contributed by atoms with Crippen LogP contribution in [-0.4, -0.2) is 38.1 Å². The van der Waals surface area contributed by atoms with E-state index in [1.54, 1.807) is 24.5 Å². The number of pyridine rings is 2. The zero-order chi connectivity index (χ0) is 27.6. The molecule has 0 saturated carbocycles. The monoisotopic (exact) mass is 573 g/mol. The predicted octanol–water partition coefficient (Wildman–Crippen LogP) is 6.02. The number of hydrogen-bond acceptors (Lipinski definition) is 8. The summed E-state index contributed by atoms with van der Waals surface area (Å²) in [5, 5.41) is 29.7. The van der Waals surface area contributed by atoms with Gasteiger partial charge in [-0.1, -0.05) is 34.5 Å². The third kappa shape index (κ3) is 5.14. The highest BCUT2D eigenvalue weighted by atomic mass is 35.5. The molecule has 40 heavy (non-hydrogen) atoms. The first kappa shape index (κ1) is 26.0. The molecule has 0 bridgehead atoms. The fraction of sp³-hybridized carbons (Fsp3) is 0.179. The second kappa shape index (κ2) is 11.1. The van der Waals surface area contributed by atoms with Crippen LogP contribution >= 0.6 is 23.2 Å². The van der Waals surface area contributed by atoms with Crippen LogP contribution in [0.5, 0.6) is 0 Å². The summed E-state index contributed by atoms with van der Waals surface area (Å²) >= 11 is 12.7. The second-order valence-electron chi connectivity index (χ2n) is 9.40. The molecule has 0 aliphatic carbocycles.